The van der Waals surface area contributed by atoms with Gasteiger partial charge < -0.3 is 5.32 Å². The van der Waals surface area contributed by atoms with E-state index >= 15 is 0 Å². The predicted molar refractivity (Wildman–Crippen MR) is 116 cm³/mol. The molecule has 0 unspecified atom stereocenters. The first-order valence-corrected chi connectivity index (χ1v) is 12.1. The lowest BCUT2D eigenvalue weighted by atomic mass is 9.94. The number of amides is 1. The van der Waals surface area contributed by atoms with Crippen LogP contribution in [0.4, 0.5) is 5.69 Å². The van der Waals surface area contributed by atoms with Gasteiger partial charge in [-0.05, 0) is 50.9 Å². The van der Waals surface area contributed by atoms with Crippen LogP contribution in [0.3, 0.4) is 0 Å². The molecule has 1 saturated carbocycles. The molecule has 0 saturated heterocycles. The topological polar surface area (TPSA) is 90.9 Å². The van der Waals surface area contributed by atoms with Crippen molar-refractivity contribution >= 4 is 27.5 Å². The summed E-state index contributed by atoms with van der Waals surface area (Å²) >= 11 is 0. The van der Waals surface area contributed by atoms with Crippen LogP contribution in [0.25, 0.3) is 0 Å². The lowest BCUT2D eigenvalue weighted by Gasteiger charge is -2.30. The lowest BCUT2D eigenvalue weighted by Crippen LogP contribution is -2.39. The maximum Gasteiger partial charge on any atom is 0.262 e. The summed E-state index contributed by atoms with van der Waals surface area (Å²) in [5, 5.41) is 2.83. The van der Waals surface area contributed by atoms with Crippen LogP contribution in [0, 0.1) is 0 Å². The van der Waals surface area contributed by atoms with E-state index in [0.717, 1.165) is 32.1 Å². The number of sulfonamides is 1. The van der Waals surface area contributed by atoms with Gasteiger partial charge in [0, 0.05) is 24.7 Å². The minimum atomic E-state index is -3.72. The highest BCUT2D eigenvalue weighted by molar-refractivity contribution is 7.90. The fourth-order valence-corrected chi connectivity index (χ4v) is 5.12. The molecule has 160 valence electrons. The standard InChI is InChI=1S/C21H32N4O3S/c1-25(18-10-4-2-5-11-18)16-21(26)23-17-9-8-12-19(15-17)29(27,28)24-20-13-6-3-7-14-22-20/h8-9,12,15,18H,2-7,10-11,13-14,16H2,1H3,(H,22,24)(H,23,26). The highest BCUT2D eigenvalue weighted by Gasteiger charge is 2.21. The Labute approximate surface area is 174 Å². The first kappa shape index (κ1) is 21.8. The minimum Gasteiger partial charge on any atom is -0.325 e. The molecule has 7 nitrogen and oxygen atoms in total. The zero-order valence-corrected chi connectivity index (χ0v) is 18.0. The van der Waals surface area contributed by atoms with Crippen molar-refractivity contribution in [2.24, 2.45) is 4.99 Å². The number of nitrogens with zero attached hydrogens (tertiary/aromatic N) is 2. The van der Waals surface area contributed by atoms with Crippen LogP contribution in [0.2, 0.25) is 0 Å². The van der Waals surface area contributed by atoms with E-state index in [2.05, 4.69) is 19.9 Å². The molecule has 1 aliphatic heterocycles. The van der Waals surface area contributed by atoms with Crippen molar-refractivity contribution < 1.29 is 13.2 Å². The second kappa shape index (κ2) is 10.2. The number of hydrogen-bond donors (Lipinski definition) is 2. The number of carbonyl (C=O) groups is 1. The second-order valence-corrected chi connectivity index (χ2v) is 9.71. The van der Waals surface area contributed by atoms with Crippen LogP contribution in [-0.2, 0) is 14.8 Å². The van der Waals surface area contributed by atoms with Gasteiger partial charge >= 0.3 is 0 Å². The average molecular weight is 421 g/mol. The third-order valence-electron chi connectivity index (χ3n) is 5.65. The average Bonchev–Trinajstić information content (AvgIpc) is 2.97. The molecule has 1 amide bonds. The van der Waals surface area contributed by atoms with E-state index in [9.17, 15) is 13.2 Å². The van der Waals surface area contributed by atoms with Crippen molar-refractivity contribution in [3.05, 3.63) is 24.3 Å². The molecule has 0 bridgehead atoms. The summed E-state index contributed by atoms with van der Waals surface area (Å²) in [6, 6.07) is 6.83. The summed E-state index contributed by atoms with van der Waals surface area (Å²) in [4.78, 5) is 19.0. The number of hydrogen-bond acceptors (Lipinski definition) is 5. The van der Waals surface area contributed by atoms with Gasteiger partial charge in [-0.25, -0.2) is 8.42 Å². The molecule has 0 atom stereocenters. The molecule has 0 spiro atoms. The Morgan fingerprint density at radius 3 is 2.69 bits per heavy atom. The molecular weight excluding hydrogens is 388 g/mol. The van der Waals surface area contributed by atoms with E-state index in [1.54, 1.807) is 12.1 Å². The van der Waals surface area contributed by atoms with Crippen LogP contribution in [0.1, 0.15) is 57.8 Å². The molecule has 1 heterocycles. The summed E-state index contributed by atoms with van der Waals surface area (Å²) in [6.45, 7) is 0.958. The number of benzene rings is 1. The van der Waals surface area contributed by atoms with Crippen molar-refractivity contribution in [1.82, 2.24) is 9.62 Å². The number of rotatable bonds is 6. The quantitative estimate of drug-likeness (QED) is 0.740. The van der Waals surface area contributed by atoms with Crippen LogP contribution in [-0.4, -0.2) is 51.2 Å². The smallest absolute Gasteiger partial charge is 0.262 e. The van der Waals surface area contributed by atoms with E-state index in [0.29, 0.717) is 37.1 Å². The summed E-state index contributed by atoms with van der Waals surface area (Å²) in [7, 11) is -1.74. The van der Waals surface area contributed by atoms with Gasteiger partial charge in [0.05, 0.1) is 11.4 Å². The zero-order valence-electron chi connectivity index (χ0n) is 17.2. The molecule has 1 aromatic rings. The summed E-state index contributed by atoms with van der Waals surface area (Å²) in [5.41, 5.74) is 0.484. The molecule has 2 aliphatic rings. The maximum absolute atomic E-state index is 12.7. The summed E-state index contributed by atoms with van der Waals surface area (Å²) in [5.74, 6) is 0.389. The van der Waals surface area contributed by atoms with E-state index in [1.165, 1.54) is 31.4 Å². The van der Waals surface area contributed by atoms with Gasteiger partial charge in [0.25, 0.3) is 10.0 Å². The Morgan fingerprint density at radius 1 is 1.14 bits per heavy atom. The minimum absolute atomic E-state index is 0.128. The molecule has 3 rings (SSSR count). The van der Waals surface area contributed by atoms with Gasteiger partial charge in [-0.3, -0.25) is 19.4 Å². The van der Waals surface area contributed by atoms with Crippen molar-refractivity contribution in [3.63, 3.8) is 0 Å². The molecule has 0 radical (unpaired) electrons. The Bertz CT molecular complexity index is 832. The van der Waals surface area contributed by atoms with E-state index in [-0.39, 0.29) is 10.8 Å². The first-order valence-electron chi connectivity index (χ1n) is 10.6. The highest BCUT2D eigenvalue weighted by atomic mass is 32.2. The molecule has 29 heavy (non-hydrogen) atoms. The Balaban J connectivity index is 1.60. The van der Waals surface area contributed by atoms with Gasteiger partial charge in [0.1, 0.15) is 5.84 Å². The van der Waals surface area contributed by atoms with Gasteiger partial charge in [0.2, 0.25) is 5.91 Å². The molecule has 8 heteroatoms. The normalized spacial score (nSPS) is 18.8. The molecule has 1 aliphatic carbocycles. The Hall–Kier alpha value is -1.93. The van der Waals surface area contributed by atoms with Crippen molar-refractivity contribution in [2.45, 2.75) is 68.7 Å². The fraction of sp³-hybridized carbons (Fsp3) is 0.619. The van der Waals surface area contributed by atoms with Gasteiger partial charge in [-0.1, -0.05) is 31.7 Å². The maximum atomic E-state index is 12.7. The number of aliphatic imine (C=N–C) groups is 1. The van der Waals surface area contributed by atoms with Crippen LogP contribution < -0.4 is 10.0 Å². The monoisotopic (exact) mass is 420 g/mol. The fourth-order valence-electron chi connectivity index (χ4n) is 3.99. The Morgan fingerprint density at radius 2 is 1.90 bits per heavy atom. The SMILES string of the molecule is CN(CC(=O)Nc1cccc(S(=O)(=O)NC2=NCCCCC2)c1)C1CCCCC1. The van der Waals surface area contributed by atoms with E-state index in [4.69, 9.17) is 0 Å². The first-order chi connectivity index (χ1) is 13.9. The van der Waals surface area contributed by atoms with E-state index < -0.39 is 10.0 Å². The number of anilines is 1. The zero-order chi connectivity index (χ0) is 20.7. The number of likely N-dealkylation sites (N-methyl/N-ethyl adjacent to an activating group) is 1. The summed E-state index contributed by atoms with van der Waals surface area (Å²) in [6.07, 6.45) is 9.60. The molecule has 1 fully saturated rings. The Kier molecular flexibility index (Phi) is 7.66. The van der Waals surface area contributed by atoms with Gasteiger partial charge in [-0.2, -0.15) is 0 Å². The van der Waals surface area contributed by atoms with E-state index in [1.807, 2.05) is 7.05 Å². The third kappa shape index (κ3) is 6.54. The van der Waals surface area contributed by atoms with Gasteiger partial charge in [-0.15, -0.1) is 0 Å². The van der Waals surface area contributed by atoms with Crippen LogP contribution in [0.5, 0.6) is 0 Å². The van der Waals surface area contributed by atoms with Crippen LogP contribution in [0.15, 0.2) is 34.2 Å². The third-order valence-corrected chi connectivity index (χ3v) is 7.02. The van der Waals surface area contributed by atoms with Gasteiger partial charge in [0.15, 0.2) is 0 Å². The largest absolute Gasteiger partial charge is 0.325 e. The number of nitrogens with one attached hydrogen (secondary N) is 2. The highest BCUT2D eigenvalue weighted by Crippen LogP contribution is 2.22. The second-order valence-electron chi connectivity index (χ2n) is 8.03. The van der Waals surface area contributed by atoms with Crippen molar-refractivity contribution in [1.29, 1.82) is 0 Å². The number of carbonyl (C=O) groups excluding carboxylic acids is 1. The van der Waals surface area contributed by atoms with Crippen molar-refractivity contribution in [2.75, 3.05) is 25.5 Å². The molecule has 1 aromatic carbocycles. The lowest BCUT2D eigenvalue weighted by molar-refractivity contribution is -0.117. The molecular formula is C21H32N4O3S. The summed E-state index contributed by atoms with van der Waals surface area (Å²) < 4.78 is 28.1. The molecule has 0 aromatic heterocycles. The molecule has 2 N–H and O–H groups in total. The van der Waals surface area contributed by atoms with Crippen LogP contribution >= 0.6 is 0 Å². The number of amidine groups is 1. The predicted octanol–water partition coefficient (Wildman–Crippen LogP) is 3.14. The van der Waals surface area contributed by atoms with Crippen molar-refractivity contribution in [3.8, 4) is 0 Å².